The maximum absolute atomic E-state index is 6.35. The molecule has 3 aromatic carbocycles. The maximum atomic E-state index is 6.35. The topological polar surface area (TPSA) is 44.0 Å². The summed E-state index contributed by atoms with van der Waals surface area (Å²) in [5.41, 5.74) is 4.05. The lowest BCUT2D eigenvalue weighted by atomic mass is 10.1. The van der Waals surface area contributed by atoms with Crippen LogP contribution in [0.3, 0.4) is 0 Å². The molecule has 0 saturated carbocycles. The van der Waals surface area contributed by atoms with Crippen molar-refractivity contribution in [3.05, 3.63) is 52.5 Å². The molecule has 0 aliphatic heterocycles. The van der Waals surface area contributed by atoms with Gasteiger partial charge in [-0.1, -0.05) is 23.2 Å². The van der Waals surface area contributed by atoms with Crippen molar-refractivity contribution in [1.82, 2.24) is 14.9 Å². The third kappa shape index (κ3) is 3.21. The van der Waals surface area contributed by atoms with Gasteiger partial charge in [-0.2, -0.15) is 0 Å². The Balaban J connectivity index is 1.78. The van der Waals surface area contributed by atoms with Crippen LogP contribution >= 0.6 is 23.2 Å². The highest BCUT2D eigenvalue weighted by atomic mass is 35.5. The molecule has 0 aliphatic rings. The summed E-state index contributed by atoms with van der Waals surface area (Å²) in [7, 11) is 4.14. The van der Waals surface area contributed by atoms with Gasteiger partial charge in [0.25, 0.3) is 0 Å². The Labute approximate surface area is 178 Å². The number of rotatable bonds is 5. The Morgan fingerprint density at radius 2 is 1.34 bits per heavy atom. The predicted octanol–water partition coefficient (Wildman–Crippen LogP) is 6.59. The first-order valence-corrected chi connectivity index (χ1v) is 10.4. The Bertz CT molecular complexity index is 1270. The number of halogens is 2. The molecule has 2 aromatic heterocycles. The molecular weight excluding hydrogens is 405 g/mol. The molecule has 0 spiro atoms. The maximum Gasteiger partial charge on any atom is 0.167 e. The van der Waals surface area contributed by atoms with Crippen LogP contribution in [0.5, 0.6) is 5.75 Å². The van der Waals surface area contributed by atoms with Crippen molar-refractivity contribution in [3.63, 3.8) is 0 Å². The summed E-state index contributed by atoms with van der Waals surface area (Å²) in [6.07, 6.45) is 0.947. The number of hydrogen-bond acceptors (Lipinski definition) is 2. The largest absolute Gasteiger partial charge is 0.489 e. The summed E-state index contributed by atoms with van der Waals surface area (Å²) in [5, 5.41) is 5.80. The van der Waals surface area contributed by atoms with Crippen molar-refractivity contribution in [2.75, 3.05) is 27.2 Å². The van der Waals surface area contributed by atoms with Crippen LogP contribution < -0.4 is 4.74 Å². The van der Waals surface area contributed by atoms with E-state index in [9.17, 15) is 0 Å². The number of benzene rings is 3. The van der Waals surface area contributed by atoms with E-state index in [4.69, 9.17) is 27.9 Å². The summed E-state index contributed by atoms with van der Waals surface area (Å²) >= 11 is 12.6. The van der Waals surface area contributed by atoms with Gasteiger partial charge < -0.3 is 19.6 Å². The lowest BCUT2D eigenvalue weighted by Gasteiger charge is -2.12. The third-order valence-electron chi connectivity index (χ3n) is 5.34. The Morgan fingerprint density at radius 1 is 0.793 bits per heavy atom. The van der Waals surface area contributed by atoms with Gasteiger partial charge in [0.1, 0.15) is 0 Å². The monoisotopic (exact) mass is 425 g/mol. The first-order valence-electron chi connectivity index (χ1n) is 9.63. The number of nitrogens with one attached hydrogen (secondary N) is 2. The number of hydrogen-bond donors (Lipinski definition) is 2. The average Bonchev–Trinajstić information content (AvgIpc) is 3.22. The van der Waals surface area contributed by atoms with Crippen LogP contribution in [0.4, 0.5) is 0 Å². The van der Waals surface area contributed by atoms with E-state index in [-0.39, 0.29) is 0 Å². The molecule has 4 nitrogen and oxygen atoms in total. The SMILES string of the molecule is CN(C)CCCOc1c2[nH]c3ccc(Cl)cc3c2cc2c1[nH]c1ccc(Cl)cc12. The standard InChI is InChI=1S/C23H21Cl2N3O/c1-28(2)8-3-9-29-23-21-17(15-10-13(24)4-6-19(15)26-21)12-18-16-11-14(25)5-7-20(16)27-22(18)23/h4-7,10-12,26-27H,3,8-9H2,1-2H3. The molecule has 0 aliphatic carbocycles. The minimum Gasteiger partial charge on any atom is -0.489 e. The van der Waals surface area contributed by atoms with E-state index in [0.29, 0.717) is 16.7 Å². The third-order valence-corrected chi connectivity index (χ3v) is 5.81. The highest BCUT2D eigenvalue weighted by Gasteiger charge is 2.18. The minimum absolute atomic E-state index is 0.638. The highest BCUT2D eigenvalue weighted by Crippen LogP contribution is 2.41. The van der Waals surface area contributed by atoms with E-state index in [2.05, 4.69) is 35.0 Å². The number of H-pyrrole nitrogens is 2. The van der Waals surface area contributed by atoms with Crippen molar-refractivity contribution in [1.29, 1.82) is 0 Å². The fourth-order valence-electron chi connectivity index (χ4n) is 4.00. The summed E-state index contributed by atoms with van der Waals surface area (Å²) in [6, 6.07) is 14.0. The molecule has 5 rings (SSSR count). The number of aromatic nitrogens is 2. The summed E-state index contributed by atoms with van der Waals surface area (Å²) in [6.45, 7) is 1.61. The van der Waals surface area contributed by atoms with Gasteiger partial charge in [-0.25, -0.2) is 0 Å². The Kier molecular flexibility index (Phi) is 4.58. The second-order valence-electron chi connectivity index (χ2n) is 7.69. The van der Waals surface area contributed by atoms with Crippen molar-refractivity contribution in [2.45, 2.75) is 6.42 Å². The first kappa shape index (κ1) is 18.6. The van der Waals surface area contributed by atoms with Crippen molar-refractivity contribution >= 4 is 66.8 Å². The number of fused-ring (bicyclic) bond motifs is 6. The average molecular weight is 426 g/mol. The minimum atomic E-state index is 0.638. The van der Waals surface area contributed by atoms with Gasteiger partial charge in [-0.05, 0) is 63.0 Å². The molecule has 29 heavy (non-hydrogen) atoms. The molecule has 0 saturated heterocycles. The zero-order valence-corrected chi connectivity index (χ0v) is 17.8. The molecule has 0 fully saturated rings. The van der Waals surface area contributed by atoms with Crippen LogP contribution in [-0.4, -0.2) is 42.1 Å². The predicted molar refractivity (Wildman–Crippen MR) is 124 cm³/mol. The number of aromatic amines is 2. The van der Waals surface area contributed by atoms with Crippen LogP contribution in [0.15, 0.2) is 42.5 Å². The molecule has 6 heteroatoms. The van der Waals surface area contributed by atoms with Crippen LogP contribution in [0.2, 0.25) is 10.0 Å². The molecule has 0 bridgehead atoms. The van der Waals surface area contributed by atoms with Gasteiger partial charge in [0.15, 0.2) is 5.75 Å². The zero-order chi connectivity index (χ0) is 20.1. The van der Waals surface area contributed by atoms with Crippen molar-refractivity contribution < 1.29 is 4.74 Å². The molecule has 2 N–H and O–H groups in total. The molecule has 0 atom stereocenters. The van der Waals surface area contributed by atoms with E-state index in [0.717, 1.165) is 62.3 Å². The van der Waals surface area contributed by atoms with Gasteiger partial charge >= 0.3 is 0 Å². The zero-order valence-electron chi connectivity index (χ0n) is 16.3. The second-order valence-corrected chi connectivity index (χ2v) is 8.56. The lowest BCUT2D eigenvalue weighted by molar-refractivity contribution is 0.286. The van der Waals surface area contributed by atoms with Crippen LogP contribution in [-0.2, 0) is 0 Å². The normalized spacial score (nSPS) is 12.2. The number of ether oxygens (including phenoxy) is 1. The molecule has 2 heterocycles. The van der Waals surface area contributed by atoms with E-state index >= 15 is 0 Å². The van der Waals surface area contributed by atoms with Crippen LogP contribution in [0, 0.1) is 0 Å². The lowest BCUT2D eigenvalue weighted by Crippen LogP contribution is -2.15. The summed E-state index contributed by atoms with van der Waals surface area (Å²) < 4.78 is 6.35. The number of nitrogens with zero attached hydrogens (tertiary/aromatic N) is 1. The molecule has 0 unspecified atom stereocenters. The quantitative estimate of drug-likeness (QED) is 0.311. The Hall–Kier alpha value is -2.40. The van der Waals surface area contributed by atoms with Crippen molar-refractivity contribution in [2.24, 2.45) is 0 Å². The summed E-state index contributed by atoms with van der Waals surface area (Å²) in [4.78, 5) is 9.22. The van der Waals surface area contributed by atoms with E-state index in [1.807, 2.05) is 36.4 Å². The van der Waals surface area contributed by atoms with E-state index in [1.54, 1.807) is 0 Å². The molecule has 0 radical (unpaired) electrons. The van der Waals surface area contributed by atoms with Crippen molar-refractivity contribution in [3.8, 4) is 5.75 Å². The molecule has 5 aromatic rings. The molecular formula is C23H21Cl2N3O. The Morgan fingerprint density at radius 3 is 1.86 bits per heavy atom. The molecule has 0 amide bonds. The fraction of sp³-hybridized carbons (Fsp3) is 0.217. The van der Waals surface area contributed by atoms with Gasteiger partial charge in [-0.3, -0.25) is 0 Å². The van der Waals surface area contributed by atoms with Gasteiger partial charge in [0.2, 0.25) is 0 Å². The molecule has 148 valence electrons. The van der Waals surface area contributed by atoms with Gasteiger partial charge in [0, 0.05) is 49.2 Å². The van der Waals surface area contributed by atoms with Crippen LogP contribution in [0.25, 0.3) is 43.6 Å². The summed E-state index contributed by atoms with van der Waals surface area (Å²) in [5.74, 6) is 0.843. The van der Waals surface area contributed by atoms with E-state index < -0.39 is 0 Å². The second kappa shape index (κ2) is 7.13. The van der Waals surface area contributed by atoms with Crippen LogP contribution in [0.1, 0.15) is 6.42 Å². The highest BCUT2D eigenvalue weighted by molar-refractivity contribution is 6.33. The first-order chi connectivity index (χ1) is 14.0. The smallest absolute Gasteiger partial charge is 0.167 e. The van der Waals surface area contributed by atoms with Gasteiger partial charge in [0.05, 0.1) is 17.6 Å². The van der Waals surface area contributed by atoms with Gasteiger partial charge in [-0.15, -0.1) is 0 Å². The van der Waals surface area contributed by atoms with E-state index in [1.165, 1.54) is 0 Å². The fourth-order valence-corrected chi connectivity index (χ4v) is 4.34.